The first-order valence-corrected chi connectivity index (χ1v) is 8.43. The van der Waals surface area contributed by atoms with E-state index in [0.29, 0.717) is 5.69 Å². The Morgan fingerprint density at radius 1 is 0.962 bits per heavy atom. The van der Waals surface area contributed by atoms with Crippen molar-refractivity contribution in [2.75, 3.05) is 23.7 Å². The summed E-state index contributed by atoms with van der Waals surface area (Å²) in [5.74, 6) is -2.00. The molecule has 1 aromatic carbocycles. The van der Waals surface area contributed by atoms with Crippen molar-refractivity contribution in [1.82, 2.24) is 9.88 Å². The summed E-state index contributed by atoms with van der Waals surface area (Å²) in [5, 5.41) is 2.12. The number of carbonyl (C=O) groups is 2. The summed E-state index contributed by atoms with van der Waals surface area (Å²) >= 11 is 0. The van der Waals surface area contributed by atoms with E-state index in [1.165, 1.54) is 12.1 Å². The molecular formula is C18H17FN4O3. The van der Waals surface area contributed by atoms with Crippen LogP contribution in [0.5, 0.6) is 0 Å². The highest BCUT2D eigenvalue weighted by molar-refractivity contribution is 6.23. The number of rotatable bonds is 2. The van der Waals surface area contributed by atoms with Crippen LogP contribution in [0.1, 0.15) is 40.0 Å². The second-order valence-corrected chi connectivity index (χ2v) is 6.46. The number of pyridine rings is 1. The molecule has 0 unspecified atom stereocenters. The maximum Gasteiger partial charge on any atom is 0.262 e. The van der Waals surface area contributed by atoms with Crippen molar-refractivity contribution in [1.29, 1.82) is 0 Å². The summed E-state index contributed by atoms with van der Waals surface area (Å²) in [5.41, 5.74) is 6.32. The Bertz CT molecular complexity index is 993. The minimum atomic E-state index is -0.660. The summed E-state index contributed by atoms with van der Waals surface area (Å²) in [6.45, 7) is 1.58. The molecule has 2 aromatic rings. The number of fused-ring (bicyclic) bond motifs is 1. The van der Waals surface area contributed by atoms with E-state index in [-0.39, 0.29) is 22.6 Å². The van der Waals surface area contributed by atoms with E-state index in [2.05, 4.69) is 10.2 Å². The molecule has 134 valence electrons. The molecule has 2 aliphatic rings. The summed E-state index contributed by atoms with van der Waals surface area (Å²) in [6.07, 6.45) is 3.13. The van der Waals surface area contributed by atoms with Crippen molar-refractivity contribution in [3.63, 3.8) is 0 Å². The molecule has 0 bridgehead atoms. The lowest BCUT2D eigenvalue weighted by atomic mass is 10.1. The molecule has 2 amide bonds. The summed E-state index contributed by atoms with van der Waals surface area (Å²) < 4.78 is 15.1. The van der Waals surface area contributed by atoms with Crippen LogP contribution in [0, 0.1) is 5.82 Å². The molecule has 0 saturated carbocycles. The van der Waals surface area contributed by atoms with Gasteiger partial charge in [-0.15, -0.1) is 0 Å². The lowest BCUT2D eigenvalue weighted by Crippen LogP contribution is -2.32. The largest absolute Gasteiger partial charge is 0.384 e. The number of halogens is 1. The molecule has 3 heterocycles. The fourth-order valence-electron chi connectivity index (χ4n) is 3.61. The fourth-order valence-corrected chi connectivity index (χ4v) is 3.61. The highest BCUT2D eigenvalue weighted by atomic mass is 19.1. The van der Waals surface area contributed by atoms with Gasteiger partial charge in [0.25, 0.3) is 17.4 Å². The predicted octanol–water partition coefficient (Wildman–Crippen LogP) is 1.43. The standard InChI is InChI=1S/C18H17FN4O3/c19-10-4-5-12(22-6-2-1-3-7-22)13(8-10)23-14(24)9-11-15(16(23)20)18(26)21-17(11)25/h4-5,8-9H,1-3,6-7,20H2,(H,21,25,26). The van der Waals surface area contributed by atoms with E-state index in [9.17, 15) is 18.8 Å². The number of nitrogens with two attached hydrogens (primary N) is 1. The fraction of sp³-hybridized carbons (Fsp3) is 0.278. The van der Waals surface area contributed by atoms with E-state index in [1.807, 2.05) is 0 Å². The average molecular weight is 356 g/mol. The van der Waals surface area contributed by atoms with Crippen molar-refractivity contribution in [3.05, 3.63) is 51.6 Å². The molecule has 0 spiro atoms. The third kappa shape index (κ3) is 2.45. The van der Waals surface area contributed by atoms with Gasteiger partial charge in [0.2, 0.25) is 0 Å². The van der Waals surface area contributed by atoms with Gasteiger partial charge in [0.1, 0.15) is 11.6 Å². The molecule has 2 aliphatic heterocycles. The predicted molar refractivity (Wildman–Crippen MR) is 94.3 cm³/mol. The molecule has 1 saturated heterocycles. The van der Waals surface area contributed by atoms with E-state index in [0.717, 1.165) is 43.0 Å². The zero-order valence-corrected chi connectivity index (χ0v) is 13.9. The number of aromatic nitrogens is 1. The van der Waals surface area contributed by atoms with E-state index < -0.39 is 23.2 Å². The van der Waals surface area contributed by atoms with Gasteiger partial charge in [-0.05, 0) is 31.4 Å². The van der Waals surface area contributed by atoms with Gasteiger partial charge in [0.15, 0.2) is 0 Å². The van der Waals surface area contributed by atoms with E-state index >= 15 is 0 Å². The number of nitrogens with zero attached hydrogens (tertiary/aromatic N) is 2. The molecule has 0 radical (unpaired) electrons. The Morgan fingerprint density at radius 2 is 1.69 bits per heavy atom. The first-order chi connectivity index (χ1) is 12.5. The Morgan fingerprint density at radius 3 is 2.42 bits per heavy atom. The highest BCUT2D eigenvalue weighted by Crippen LogP contribution is 2.31. The molecular weight excluding hydrogens is 339 g/mol. The molecule has 8 heteroatoms. The summed E-state index contributed by atoms with van der Waals surface area (Å²) in [7, 11) is 0. The number of hydrogen-bond acceptors (Lipinski definition) is 5. The Labute approximate surface area is 148 Å². The number of hydrogen-bond donors (Lipinski definition) is 2. The van der Waals surface area contributed by atoms with Gasteiger partial charge in [0, 0.05) is 25.2 Å². The average Bonchev–Trinajstić information content (AvgIpc) is 2.90. The zero-order chi connectivity index (χ0) is 18.4. The number of piperidine rings is 1. The number of amides is 2. The summed E-state index contributed by atoms with van der Waals surface area (Å²) in [4.78, 5) is 38.5. The normalized spacial score (nSPS) is 16.6. The maximum absolute atomic E-state index is 14.0. The lowest BCUT2D eigenvalue weighted by molar-refractivity contribution is 0.0880. The third-order valence-electron chi connectivity index (χ3n) is 4.83. The maximum atomic E-state index is 14.0. The smallest absolute Gasteiger partial charge is 0.262 e. The SMILES string of the molecule is Nc1c2c(cc(=O)n1-c1cc(F)ccc1N1CCCCC1)C(=O)NC2=O. The first-order valence-electron chi connectivity index (χ1n) is 8.43. The Balaban J connectivity index is 1.95. The monoisotopic (exact) mass is 356 g/mol. The van der Waals surface area contributed by atoms with E-state index in [4.69, 9.17) is 5.73 Å². The topological polar surface area (TPSA) is 97.4 Å². The van der Waals surface area contributed by atoms with Crippen LogP contribution in [0.25, 0.3) is 5.69 Å². The minimum Gasteiger partial charge on any atom is -0.384 e. The zero-order valence-electron chi connectivity index (χ0n) is 13.9. The van der Waals surface area contributed by atoms with Crippen molar-refractivity contribution in [2.24, 2.45) is 0 Å². The molecule has 3 N–H and O–H groups in total. The van der Waals surface area contributed by atoms with Gasteiger partial charge < -0.3 is 10.6 Å². The number of nitrogens with one attached hydrogen (secondary N) is 1. The second kappa shape index (κ2) is 5.98. The van der Waals surface area contributed by atoms with Gasteiger partial charge >= 0.3 is 0 Å². The van der Waals surface area contributed by atoms with Crippen LogP contribution in [0.2, 0.25) is 0 Å². The van der Waals surface area contributed by atoms with Crippen LogP contribution < -0.4 is 21.5 Å². The minimum absolute atomic E-state index is 0.0512. The first kappa shape index (κ1) is 16.3. The van der Waals surface area contributed by atoms with Crippen LogP contribution in [0.4, 0.5) is 15.9 Å². The molecule has 7 nitrogen and oxygen atoms in total. The second-order valence-electron chi connectivity index (χ2n) is 6.46. The van der Waals surface area contributed by atoms with Gasteiger partial charge in [0.05, 0.1) is 22.5 Å². The van der Waals surface area contributed by atoms with Gasteiger partial charge in [-0.3, -0.25) is 24.3 Å². The van der Waals surface area contributed by atoms with Crippen LogP contribution >= 0.6 is 0 Å². The van der Waals surface area contributed by atoms with Crippen LogP contribution in [0.15, 0.2) is 29.1 Å². The lowest BCUT2D eigenvalue weighted by Gasteiger charge is -2.31. The van der Waals surface area contributed by atoms with E-state index in [1.54, 1.807) is 6.07 Å². The highest BCUT2D eigenvalue weighted by Gasteiger charge is 2.32. The van der Waals surface area contributed by atoms with Gasteiger partial charge in [-0.25, -0.2) is 4.39 Å². The number of imide groups is 1. The third-order valence-corrected chi connectivity index (χ3v) is 4.83. The molecule has 26 heavy (non-hydrogen) atoms. The van der Waals surface area contributed by atoms with Crippen molar-refractivity contribution < 1.29 is 14.0 Å². The van der Waals surface area contributed by atoms with Crippen molar-refractivity contribution in [3.8, 4) is 5.69 Å². The molecule has 1 aromatic heterocycles. The van der Waals surface area contributed by atoms with Crippen molar-refractivity contribution >= 4 is 23.3 Å². The van der Waals surface area contributed by atoms with Crippen LogP contribution in [-0.2, 0) is 0 Å². The number of benzene rings is 1. The van der Waals surface area contributed by atoms with Gasteiger partial charge in [-0.1, -0.05) is 0 Å². The van der Waals surface area contributed by atoms with Gasteiger partial charge in [-0.2, -0.15) is 0 Å². The van der Waals surface area contributed by atoms with Crippen LogP contribution in [0.3, 0.4) is 0 Å². The Hall–Kier alpha value is -3.16. The number of nitrogen functional groups attached to an aromatic ring is 1. The van der Waals surface area contributed by atoms with Crippen molar-refractivity contribution in [2.45, 2.75) is 19.3 Å². The Kier molecular flexibility index (Phi) is 3.75. The van der Waals surface area contributed by atoms with Crippen LogP contribution in [-0.4, -0.2) is 29.5 Å². The summed E-state index contributed by atoms with van der Waals surface area (Å²) in [6, 6.07) is 5.23. The number of carbonyl (C=O) groups excluding carboxylic acids is 2. The molecule has 4 rings (SSSR count). The molecule has 0 aliphatic carbocycles. The quantitative estimate of drug-likeness (QED) is 0.794. The number of anilines is 2. The molecule has 1 fully saturated rings. The molecule has 0 atom stereocenters.